The molecule has 3 aliphatic heterocycles. The summed E-state index contributed by atoms with van der Waals surface area (Å²) in [4.78, 5) is 13.2. The number of aromatic nitrogens is 2. The highest BCUT2D eigenvalue weighted by Crippen LogP contribution is 2.57. The van der Waals surface area contributed by atoms with E-state index in [1.807, 2.05) is 38.1 Å². The van der Waals surface area contributed by atoms with E-state index in [-0.39, 0.29) is 12.1 Å². The molecule has 1 amide bonds. The van der Waals surface area contributed by atoms with Gasteiger partial charge in [-0.25, -0.2) is 0 Å². The third-order valence-corrected chi connectivity index (χ3v) is 8.17. The monoisotopic (exact) mass is 423 g/mol. The Bertz CT molecular complexity index is 1710. The number of hydrogen-bond acceptors (Lipinski definition) is 3. The van der Waals surface area contributed by atoms with E-state index in [4.69, 9.17) is 4.74 Å². The zero-order chi connectivity index (χ0) is 21.6. The number of carbonyl (C=O) groups is 1. The molecule has 1 fully saturated rings. The minimum absolute atomic E-state index is 0.0184. The van der Waals surface area contributed by atoms with Gasteiger partial charge in [-0.3, -0.25) is 4.79 Å². The summed E-state index contributed by atoms with van der Waals surface area (Å²) in [6.07, 6.45) is 0.135. The molecule has 2 bridgehead atoms. The predicted molar refractivity (Wildman–Crippen MR) is 123 cm³/mol. The highest BCUT2D eigenvalue weighted by molar-refractivity contribution is 6.31. The Morgan fingerprint density at radius 1 is 1.00 bits per heavy atom. The van der Waals surface area contributed by atoms with Gasteiger partial charge in [0.05, 0.1) is 27.6 Å². The van der Waals surface area contributed by atoms with Crippen LogP contribution in [0.2, 0.25) is 0 Å². The van der Waals surface area contributed by atoms with Gasteiger partial charge in [-0.1, -0.05) is 36.4 Å². The van der Waals surface area contributed by atoms with Crippen LogP contribution in [-0.4, -0.2) is 25.7 Å². The van der Waals surface area contributed by atoms with E-state index >= 15 is 0 Å². The summed E-state index contributed by atoms with van der Waals surface area (Å²) in [5.41, 5.74) is 3.90. The number of amides is 1. The number of fused-ring (bicyclic) bond motifs is 13. The Morgan fingerprint density at radius 2 is 1.69 bits per heavy atom. The highest BCUT2D eigenvalue weighted by Gasteiger charge is 2.58. The summed E-state index contributed by atoms with van der Waals surface area (Å²) in [5, 5.41) is 19.0. The van der Waals surface area contributed by atoms with Gasteiger partial charge in [-0.2, -0.15) is 0 Å². The molecule has 0 aliphatic carbocycles. The van der Waals surface area contributed by atoms with E-state index in [1.54, 1.807) is 0 Å². The maximum Gasteiger partial charge on any atom is 0.252 e. The van der Waals surface area contributed by atoms with Crippen molar-refractivity contribution in [2.45, 2.75) is 44.4 Å². The molecule has 0 spiro atoms. The maximum absolute atomic E-state index is 13.2. The van der Waals surface area contributed by atoms with Crippen LogP contribution in [-0.2, 0) is 17.0 Å². The van der Waals surface area contributed by atoms with E-state index in [1.165, 1.54) is 0 Å². The summed E-state index contributed by atoms with van der Waals surface area (Å²) >= 11 is 0. The Labute approximate surface area is 183 Å². The van der Waals surface area contributed by atoms with Crippen LogP contribution in [0.4, 0.5) is 0 Å². The molecule has 8 rings (SSSR count). The van der Waals surface area contributed by atoms with E-state index in [0.29, 0.717) is 13.0 Å². The molecule has 2 aromatic heterocycles. The van der Waals surface area contributed by atoms with Crippen molar-refractivity contribution in [2.75, 3.05) is 0 Å². The maximum atomic E-state index is 13.2. The van der Waals surface area contributed by atoms with Crippen LogP contribution in [0.15, 0.2) is 48.5 Å². The van der Waals surface area contributed by atoms with Gasteiger partial charge in [0, 0.05) is 34.5 Å². The number of rotatable bonds is 0. The van der Waals surface area contributed by atoms with Gasteiger partial charge in [-0.15, -0.1) is 0 Å². The van der Waals surface area contributed by atoms with Crippen LogP contribution in [0.3, 0.4) is 0 Å². The first-order valence-electron chi connectivity index (χ1n) is 11.1. The number of benzene rings is 3. The fraction of sp³-hybridized carbons (Fsp3) is 0.269. The van der Waals surface area contributed by atoms with Crippen LogP contribution in [0.5, 0.6) is 0 Å². The Hall–Kier alpha value is -3.35. The number of hydrogen-bond donors (Lipinski definition) is 2. The van der Waals surface area contributed by atoms with Crippen molar-refractivity contribution in [3.05, 3.63) is 59.7 Å². The lowest BCUT2D eigenvalue weighted by Gasteiger charge is -2.37. The molecule has 3 aromatic carbocycles. The second-order valence-electron chi connectivity index (χ2n) is 9.76. The van der Waals surface area contributed by atoms with Crippen molar-refractivity contribution in [2.24, 2.45) is 0 Å². The van der Waals surface area contributed by atoms with E-state index in [9.17, 15) is 9.90 Å². The largest absolute Gasteiger partial charge is 0.385 e. The summed E-state index contributed by atoms with van der Waals surface area (Å²) in [5.74, 6) is -0.0184. The van der Waals surface area contributed by atoms with Gasteiger partial charge in [-0.05, 0) is 31.5 Å². The predicted octanol–water partition coefficient (Wildman–Crippen LogP) is 4.50. The molecule has 1 unspecified atom stereocenters. The molecule has 158 valence electrons. The Morgan fingerprint density at radius 3 is 2.47 bits per heavy atom. The lowest BCUT2D eigenvalue weighted by atomic mass is 9.91. The smallest absolute Gasteiger partial charge is 0.252 e. The number of carbonyl (C=O) groups excluding carboxylic acids is 1. The lowest BCUT2D eigenvalue weighted by molar-refractivity contribution is -0.170. The molecular formula is C26H21N3O3. The molecule has 3 atom stereocenters. The second-order valence-corrected chi connectivity index (χ2v) is 9.76. The van der Waals surface area contributed by atoms with Gasteiger partial charge in [0.15, 0.2) is 5.72 Å². The number of para-hydroxylation sites is 2. The average molecular weight is 423 g/mol. The fourth-order valence-corrected chi connectivity index (χ4v) is 6.62. The van der Waals surface area contributed by atoms with Gasteiger partial charge in [0.2, 0.25) is 0 Å². The fourth-order valence-electron chi connectivity index (χ4n) is 6.62. The summed E-state index contributed by atoms with van der Waals surface area (Å²) < 4.78 is 11.2. The molecule has 32 heavy (non-hydrogen) atoms. The quantitative estimate of drug-likeness (QED) is 0.385. The van der Waals surface area contributed by atoms with Crippen LogP contribution in [0.25, 0.3) is 43.6 Å². The first-order valence-corrected chi connectivity index (χ1v) is 11.1. The van der Waals surface area contributed by atoms with Gasteiger partial charge < -0.3 is 24.3 Å². The standard InChI is InChI=1S/C26H21N3O3/c1-25(31)11-18-28-16-9-5-3-7-13(16)20-21-15(12-27-24(21)30)19-14-8-4-6-10-17(14)29(23(19)22(20)28)26(25,2)32-18/h3-10,18,31H,11-12H2,1-2H3,(H,27,30)/t18?,25-,26+/m1/s1. The normalized spacial score (nSPS) is 28.3. The molecule has 3 aliphatic rings. The topological polar surface area (TPSA) is 68.4 Å². The van der Waals surface area contributed by atoms with Crippen LogP contribution in [0, 0.1) is 0 Å². The van der Waals surface area contributed by atoms with Gasteiger partial charge >= 0.3 is 0 Å². The number of aliphatic hydroxyl groups is 1. The molecule has 6 heteroatoms. The second kappa shape index (κ2) is 5.00. The first-order chi connectivity index (χ1) is 15.4. The Kier molecular flexibility index (Phi) is 2.69. The molecule has 0 saturated carbocycles. The van der Waals surface area contributed by atoms with E-state index in [0.717, 1.165) is 54.7 Å². The van der Waals surface area contributed by atoms with Crippen molar-refractivity contribution < 1.29 is 14.6 Å². The van der Waals surface area contributed by atoms with Crippen molar-refractivity contribution in [3.8, 4) is 0 Å². The van der Waals surface area contributed by atoms with E-state index < -0.39 is 11.3 Å². The zero-order valence-electron chi connectivity index (χ0n) is 17.8. The molecule has 0 radical (unpaired) electrons. The number of nitrogens with zero attached hydrogens (tertiary/aromatic N) is 2. The number of nitrogens with one attached hydrogen (secondary N) is 1. The van der Waals surface area contributed by atoms with Crippen LogP contribution >= 0.6 is 0 Å². The molecule has 5 heterocycles. The van der Waals surface area contributed by atoms with Crippen molar-refractivity contribution >= 4 is 49.5 Å². The number of ether oxygens (including phenoxy) is 1. The average Bonchev–Trinajstić information content (AvgIpc) is 3.45. The SMILES string of the molecule is C[C@@]1(O)CC2O[C@]1(C)n1c3ccccc3c3c4c(c5c6ccccc6n2c5c31)C(=O)NC4. The third kappa shape index (κ3) is 1.60. The molecule has 2 N–H and O–H groups in total. The van der Waals surface area contributed by atoms with Crippen LogP contribution in [0.1, 0.15) is 42.4 Å². The van der Waals surface area contributed by atoms with E-state index in [2.05, 4.69) is 38.7 Å². The van der Waals surface area contributed by atoms with Crippen molar-refractivity contribution in [1.82, 2.24) is 14.5 Å². The summed E-state index contributed by atoms with van der Waals surface area (Å²) in [7, 11) is 0. The highest BCUT2D eigenvalue weighted by atomic mass is 16.6. The third-order valence-electron chi connectivity index (χ3n) is 8.17. The molecule has 5 aromatic rings. The van der Waals surface area contributed by atoms with Crippen molar-refractivity contribution in [1.29, 1.82) is 0 Å². The van der Waals surface area contributed by atoms with Gasteiger partial charge in [0.1, 0.15) is 11.8 Å². The lowest BCUT2D eigenvalue weighted by Crippen LogP contribution is -2.48. The summed E-state index contributed by atoms with van der Waals surface area (Å²) in [6, 6.07) is 16.5. The first kappa shape index (κ1) is 17.2. The Balaban J connectivity index is 1.80. The minimum atomic E-state index is -1.07. The van der Waals surface area contributed by atoms with Crippen LogP contribution < -0.4 is 5.32 Å². The summed E-state index contributed by atoms with van der Waals surface area (Å²) in [6.45, 7) is 4.38. The zero-order valence-corrected chi connectivity index (χ0v) is 17.8. The molecular weight excluding hydrogens is 402 g/mol. The van der Waals surface area contributed by atoms with Crippen molar-refractivity contribution in [3.63, 3.8) is 0 Å². The van der Waals surface area contributed by atoms with Gasteiger partial charge in [0.25, 0.3) is 5.91 Å². The molecule has 6 nitrogen and oxygen atoms in total. The molecule has 1 saturated heterocycles. The minimum Gasteiger partial charge on any atom is -0.385 e.